The molecule has 202 valence electrons. The Kier molecular flexibility index (Phi) is 8.80. The number of nitrogens with zero attached hydrogens (tertiary/aromatic N) is 7. The topological polar surface area (TPSA) is 99.6 Å². The van der Waals surface area contributed by atoms with Crippen molar-refractivity contribution in [2.75, 3.05) is 75.8 Å². The summed E-state index contributed by atoms with van der Waals surface area (Å²) in [6, 6.07) is 5.65. The lowest BCUT2D eigenvalue weighted by molar-refractivity contribution is 0.0331. The highest BCUT2D eigenvalue weighted by molar-refractivity contribution is 7.17. The lowest BCUT2D eigenvalue weighted by atomic mass is 10.0. The van der Waals surface area contributed by atoms with Gasteiger partial charge in [-0.3, -0.25) is 19.9 Å². The second-order valence-electron chi connectivity index (χ2n) is 9.58. The molecule has 0 spiro atoms. The van der Waals surface area contributed by atoms with E-state index in [1.54, 1.807) is 6.20 Å². The number of rotatable bonds is 9. The van der Waals surface area contributed by atoms with Gasteiger partial charge in [0.2, 0.25) is 11.9 Å². The number of piperazine rings is 1. The van der Waals surface area contributed by atoms with Crippen LogP contribution < -0.4 is 10.2 Å². The van der Waals surface area contributed by atoms with E-state index in [1.165, 1.54) is 11.3 Å². The van der Waals surface area contributed by atoms with Gasteiger partial charge in [-0.25, -0.2) is 4.98 Å². The Morgan fingerprint density at radius 1 is 1.03 bits per heavy atom. The predicted molar refractivity (Wildman–Crippen MR) is 150 cm³/mol. The zero-order valence-electron chi connectivity index (χ0n) is 21.8. The van der Waals surface area contributed by atoms with Crippen LogP contribution in [-0.2, 0) is 11.2 Å². The first-order valence-corrected chi connectivity index (χ1v) is 14.1. The number of hydrogen-bond acceptors (Lipinski definition) is 11. The van der Waals surface area contributed by atoms with Gasteiger partial charge in [-0.2, -0.15) is 15.0 Å². The lowest BCUT2D eigenvalue weighted by Gasteiger charge is -2.36. The van der Waals surface area contributed by atoms with Crippen LogP contribution in [0.15, 0.2) is 24.4 Å². The highest BCUT2D eigenvalue weighted by atomic mass is 35.5. The molecule has 2 aliphatic rings. The molecule has 2 aliphatic heterocycles. The van der Waals surface area contributed by atoms with Crippen molar-refractivity contribution in [3.63, 3.8) is 0 Å². The molecule has 2 saturated heterocycles. The molecule has 0 unspecified atom stereocenters. The fourth-order valence-electron chi connectivity index (χ4n) is 4.64. The summed E-state index contributed by atoms with van der Waals surface area (Å²) in [5, 5.41) is 4.33. The molecule has 3 aromatic rings. The van der Waals surface area contributed by atoms with Crippen LogP contribution in [0.25, 0.3) is 0 Å². The summed E-state index contributed by atoms with van der Waals surface area (Å²) in [7, 11) is 0. The molecule has 12 heteroatoms. The number of thiazole rings is 1. The minimum atomic E-state index is -0.0224. The molecule has 4 heterocycles. The number of ether oxygens (including phenoxy) is 1. The van der Waals surface area contributed by atoms with Crippen LogP contribution in [0.4, 0.5) is 17.0 Å². The minimum absolute atomic E-state index is 0.0224. The monoisotopic (exact) mass is 556 g/mol. The van der Waals surface area contributed by atoms with Crippen LogP contribution in [0, 0.1) is 13.8 Å². The third kappa shape index (κ3) is 6.83. The lowest BCUT2D eigenvalue weighted by Crippen LogP contribution is -2.50. The summed E-state index contributed by atoms with van der Waals surface area (Å²) >= 11 is 7.60. The van der Waals surface area contributed by atoms with Crippen molar-refractivity contribution in [2.45, 2.75) is 20.3 Å². The second kappa shape index (κ2) is 12.4. The number of aryl methyl sites for hydroxylation is 2. The number of nitrogens with one attached hydrogen (secondary N) is 1. The number of ketones is 1. The van der Waals surface area contributed by atoms with E-state index in [2.05, 4.69) is 40.0 Å². The minimum Gasteiger partial charge on any atom is -0.379 e. The van der Waals surface area contributed by atoms with Crippen molar-refractivity contribution in [1.82, 2.24) is 29.7 Å². The van der Waals surface area contributed by atoms with Gasteiger partial charge < -0.3 is 9.64 Å². The van der Waals surface area contributed by atoms with Gasteiger partial charge >= 0.3 is 0 Å². The summed E-state index contributed by atoms with van der Waals surface area (Å²) in [6.45, 7) is 13.4. The quantitative estimate of drug-likeness (QED) is 0.395. The molecule has 1 N–H and O–H groups in total. The van der Waals surface area contributed by atoms with Crippen molar-refractivity contribution in [3.8, 4) is 0 Å². The molecule has 0 atom stereocenters. The average molecular weight is 557 g/mol. The summed E-state index contributed by atoms with van der Waals surface area (Å²) in [5.74, 6) is 1.70. The Morgan fingerprint density at radius 3 is 2.50 bits per heavy atom. The van der Waals surface area contributed by atoms with Crippen molar-refractivity contribution in [1.29, 1.82) is 0 Å². The second-order valence-corrected chi connectivity index (χ2v) is 11.0. The first-order valence-electron chi connectivity index (χ1n) is 12.9. The van der Waals surface area contributed by atoms with Gasteiger partial charge in [0.25, 0.3) is 0 Å². The molecular weight excluding hydrogens is 524 g/mol. The average Bonchev–Trinajstić information content (AvgIpc) is 3.39. The molecule has 0 bridgehead atoms. The van der Waals surface area contributed by atoms with E-state index in [1.807, 2.05) is 32.0 Å². The molecule has 1 aromatic carbocycles. The Hall–Kier alpha value is -2.70. The molecule has 2 aromatic heterocycles. The molecule has 2 fully saturated rings. The normalized spacial score (nSPS) is 17.1. The van der Waals surface area contributed by atoms with Crippen molar-refractivity contribution >= 4 is 45.7 Å². The molecule has 0 amide bonds. The van der Waals surface area contributed by atoms with Gasteiger partial charge in [0, 0.05) is 63.8 Å². The molecule has 0 saturated carbocycles. The van der Waals surface area contributed by atoms with Crippen LogP contribution in [0.5, 0.6) is 0 Å². The number of halogens is 1. The predicted octanol–water partition coefficient (Wildman–Crippen LogP) is 3.22. The van der Waals surface area contributed by atoms with Gasteiger partial charge in [-0.1, -0.05) is 35.1 Å². The maximum absolute atomic E-state index is 12.9. The van der Waals surface area contributed by atoms with E-state index < -0.39 is 0 Å². The maximum atomic E-state index is 12.9. The SMILES string of the molecule is Cc1nc(Nc2ncc(C(=O)Cc3c(C)cccc3Cl)s2)nc(N2CCN(CCN3CCOCC3)CC2)n1. The van der Waals surface area contributed by atoms with E-state index in [0.717, 1.165) is 76.7 Å². The molecule has 10 nitrogen and oxygen atoms in total. The smallest absolute Gasteiger partial charge is 0.234 e. The van der Waals surface area contributed by atoms with Gasteiger partial charge in [0.05, 0.1) is 24.3 Å². The third-order valence-electron chi connectivity index (χ3n) is 6.92. The molecule has 5 rings (SSSR count). The number of hydrogen-bond donors (Lipinski definition) is 1. The Morgan fingerprint density at radius 2 is 1.76 bits per heavy atom. The summed E-state index contributed by atoms with van der Waals surface area (Å²) in [5.41, 5.74) is 1.85. The van der Waals surface area contributed by atoms with Gasteiger partial charge in [0.15, 0.2) is 10.9 Å². The van der Waals surface area contributed by atoms with E-state index in [0.29, 0.717) is 32.8 Å². The Balaban J connectivity index is 1.17. The van der Waals surface area contributed by atoms with E-state index in [9.17, 15) is 4.79 Å². The van der Waals surface area contributed by atoms with Crippen LogP contribution in [0.1, 0.15) is 26.6 Å². The number of carbonyl (C=O) groups excluding carboxylic acids is 1. The summed E-state index contributed by atoms with van der Waals surface area (Å²) < 4.78 is 5.44. The maximum Gasteiger partial charge on any atom is 0.234 e. The highest BCUT2D eigenvalue weighted by Crippen LogP contribution is 2.26. The van der Waals surface area contributed by atoms with Crippen LogP contribution in [0.2, 0.25) is 5.02 Å². The number of Topliss-reactive ketones (excluding diaryl/α,β-unsaturated/α-hetero) is 1. The molecule has 0 radical (unpaired) electrons. The molecular formula is C26H33ClN8O2S. The molecule has 0 aliphatic carbocycles. The van der Waals surface area contributed by atoms with E-state index in [-0.39, 0.29) is 12.2 Å². The summed E-state index contributed by atoms with van der Waals surface area (Å²) in [6.07, 6.45) is 1.83. The Labute approximate surface area is 232 Å². The van der Waals surface area contributed by atoms with Gasteiger partial charge in [0.1, 0.15) is 5.82 Å². The van der Waals surface area contributed by atoms with Crippen LogP contribution >= 0.6 is 22.9 Å². The van der Waals surface area contributed by atoms with Crippen LogP contribution in [0.3, 0.4) is 0 Å². The summed E-state index contributed by atoms with van der Waals surface area (Å²) in [4.78, 5) is 38.7. The Bertz CT molecular complexity index is 1240. The fraction of sp³-hybridized carbons (Fsp3) is 0.500. The number of benzene rings is 1. The first-order chi connectivity index (χ1) is 18.4. The first kappa shape index (κ1) is 26.9. The third-order valence-corrected chi connectivity index (χ3v) is 8.22. The van der Waals surface area contributed by atoms with Crippen molar-refractivity contribution in [2.24, 2.45) is 0 Å². The van der Waals surface area contributed by atoms with E-state index in [4.69, 9.17) is 16.3 Å². The van der Waals surface area contributed by atoms with E-state index >= 15 is 0 Å². The largest absolute Gasteiger partial charge is 0.379 e. The van der Waals surface area contributed by atoms with Gasteiger partial charge in [-0.05, 0) is 31.0 Å². The zero-order chi connectivity index (χ0) is 26.5. The zero-order valence-corrected chi connectivity index (χ0v) is 23.4. The highest BCUT2D eigenvalue weighted by Gasteiger charge is 2.22. The number of anilines is 3. The van der Waals surface area contributed by atoms with Crippen LogP contribution in [-0.4, -0.2) is 101 Å². The number of aromatic nitrogens is 4. The standard InChI is InChI=1S/C26H33ClN8O2S/c1-18-4-3-5-21(27)20(18)16-22(36)23-17-28-26(38-23)32-24-29-19(2)30-25(31-24)35-10-8-33(9-11-35)6-7-34-12-14-37-15-13-34/h3-5,17H,6-16H2,1-2H3,(H,28,29,30,31,32). The number of carbonyl (C=O) groups is 1. The fourth-order valence-corrected chi connectivity index (χ4v) is 5.67. The van der Waals surface area contributed by atoms with Crippen molar-refractivity contribution in [3.05, 3.63) is 51.2 Å². The van der Waals surface area contributed by atoms with Crippen molar-refractivity contribution < 1.29 is 9.53 Å². The van der Waals surface area contributed by atoms with Gasteiger partial charge in [-0.15, -0.1) is 0 Å². The number of morpholine rings is 1. The molecule has 38 heavy (non-hydrogen) atoms.